The Kier molecular flexibility index (Phi) is 3.38. The fourth-order valence-electron chi connectivity index (χ4n) is 2.65. The van der Waals surface area contributed by atoms with Crippen molar-refractivity contribution in [3.05, 3.63) is 29.6 Å². The van der Waals surface area contributed by atoms with Crippen molar-refractivity contribution < 1.29 is 9.53 Å². The molecule has 1 amide bonds. The van der Waals surface area contributed by atoms with Crippen LogP contribution in [0.1, 0.15) is 24.1 Å². The van der Waals surface area contributed by atoms with Gasteiger partial charge in [-0.15, -0.1) is 0 Å². The maximum atomic E-state index is 12.1. The molecule has 1 saturated heterocycles. The van der Waals surface area contributed by atoms with Gasteiger partial charge in [-0.25, -0.2) is 4.79 Å². The van der Waals surface area contributed by atoms with Gasteiger partial charge in [0.25, 0.3) is 0 Å². The summed E-state index contributed by atoms with van der Waals surface area (Å²) in [5.41, 5.74) is 2.12. The molecule has 0 spiro atoms. The molecule has 0 unspecified atom stereocenters. The van der Waals surface area contributed by atoms with E-state index in [0.717, 1.165) is 37.2 Å². The molecule has 0 atom stereocenters. The Morgan fingerprint density at radius 1 is 1.37 bits per heavy atom. The van der Waals surface area contributed by atoms with Crippen molar-refractivity contribution in [1.29, 1.82) is 0 Å². The first kappa shape index (κ1) is 12.4. The zero-order valence-corrected chi connectivity index (χ0v) is 11.2. The highest BCUT2D eigenvalue weighted by atomic mass is 16.6. The number of fused-ring (bicyclic) bond motifs is 1. The van der Waals surface area contributed by atoms with Gasteiger partial charge in [-0.05, 0) is 31.5 Å². The van der Waals surface area contributed by atoms with Gasteiger partial charge in [-0.3, -0.25) is 9.88 Å². The van der Waals surface area contributed by atoms with Gasteiger partial charge in [0, 0.05) is 19.3 Å². The molecule has 0 radical (unpaired) electrons. The average molecular weight is 261 g/mol. The van der Waals surface area contributed by atoms with E-state index in [9.17, 15) is 4.79 Å². The van der Waals surface area contributed by atoms with E-state index in [-0.39, 0.29) is 12.2 Å². The van der Waals surface area contributed by atoms with Crippen LogP contribution < -0.4 is 0 Å². The van der Waals surface area contributed by atoms with E-state index >= 15 is 0 Å². The highest BCUT2D eigenvalue weighted by Crippen LogP contribution is 2.22. The summed E-state index contributed by atoms with van der Waals surface area (Å²) >= 11 is 0. The van der Waals surface area contributed by atoms with Crippen molar-refractivity contribution in [2.24, 2.45) is 0 Å². The lowest BCUT2D eigenvalue weighted by molar-refractivity contribution is 0.0321. The molecule has 1 fully saturated rings. The summed E-state index contributed by atoms with van der Waals surface area (Å²) in [5.74, 6) is 0. The number of aromatic nitrogens is 1. The number of amides is 1. The lowest BCUT2D eigenvalue weighted by atomic mass is 10.1. The topological polar surface area (TPSA) is 45.7 Å². The van der Waals surface area contributed by atoms with E-state index < -0.39 is 0 Å². The SMILES string of the molecule is CN1CCC(OC(=O)N2Cc3cccnc3C2)CC1. The Balaban J connectivity index is 1.55. The molecule has 1 aromatic rings. The molecule has 2 aliphatic rings. The summed E-state index contributed by atoms with van der Waals surface area (Å²) in [7, 11) is 2.10. The van der Waals surface area contributed by atoms with Crippen LogP contribution in [0.2, 0.25) is 0 Å². The number of rotatable bonds is 1. The van der Waals surface area contributed by atoms with Crippen LogP contribution in [0.15, 0.2) is 18.3 Å². The molecule has 0 bridgehead atoms. The van der Waals surface area contributed by atoms with E-state index in [2.05, 4.69) is 16.9 Å². The third-order valence-corrected chi connectivity index (χ3v) is 3.88. The third-order valence-electron chi connectivity index (χ3n) is 3.88. The van der Waals surface area contributed by atoms with Crippen LogP contribution >= 0.6 is 0 Å². The maximum Gasteiger partial charge on any atom is 0.410 e. The van der Waals surface area contributed by atoms with Gasteiger partial charge in [-0.1, -0.05) is 6.07 Å². The molecule has 102 valence electrons. The summed E-state index contributed by atoms with van der Waals surface area (Å²) in [6.45, 7) is 3.19. The minimum atomic E-state index is -0.201. The first-order chi connectivity index (χ1) is 9.22. The second-order valence-corrected chi connectivity index (χ2v) is 5.35. The largest absolute Gasteiger partial charge is 0.446 e. The van der Waals surface area contributed by atoms with Gasteiger partial charge in [0.05, 0.1) is 18.8 Å². The van der Waals surface area contributed by atoms with Gasteiger partial charge >= 0.3 is 6.09 Å². The van der Waals surface area contributed by atoms with Crippen molar-refractivity contribution in [3.63, 3.8) is 0 Å². The van der Waals surface area contributed by atoms with Crippen LogP contribution in [0.4, 0.5) is 4.79 Å². The first-order valence-electron chi connectivity index (χ1n) is 6.79. The Morgan fingerprint density at radius 2 is 2.16 bits per heavy atom. The molecule has 1 aromatic heterocycles. The Hall–Kier alpha value is -1.62. The summed E-state index contributed by atoms with van der Waals surface area (Å²) in [5, 5.41) is 0. The van der Waals surface area contributed by atoms with Crippen LogP contribution in [0, 0.1) is 0 Å². The lowest BCUT2D eigenvalue weighted by Crippen LogP contribution is -2.38. The van der Waals surface area contributed by atoms with Crippen LogP contribution in [0.25, 0.3) is 0 Å². The zero-order chi connectivity index (χ0) is 13.2. The summed E-state index contributed by atoms with van der Waals surface area (Å²) in [6.07, 6.45) is 3.50. The molecule has 5 nitrogen and oxygen atoms in total. The quantitative estimate of drug-likeness (QED) is 0.771. The summed E-state index contributed by atoms with van der Waals surface area (Å²) < 4.78 is 5.59. The zero-order valence-electron chi connectivity index (χ0n) is 11.2. The predicted molar refractivity (Wildman–Crippen MR) is 70.5 cm³/mol. The number of carbonyl (C=O) groups is 1. The molecule has 2 aliphatic heterocycles. The number of ether oxygens (including phenoxy) is 1. The molecule has 19 heavy (non-hydrogen) atoms. The molecule has 0 N–H and O–H groups in total. The number of hydrogen-bond donors (Lipinski definition) is 0. The van der Waals surface area contributed by atoms with Crippen molar-refractivity contribution in [3.8, 4) is 0 Å². The Labute approximate surface area is 113 Å². The van der Waals surface area contributed by atoms with Gasteiger partial charge in [0.15, 0.2) is 0 Å². The van der Waals surface area contributed by atoms with Gasteiger partial charge in [-0.2, -0.15) is 0 Å². The number of piperidine rings is 1. The van der Waals surface area contributed by atoms with E-state index in [1.165, 1.54) is 0 Å². The molecule has 0 aliphatic carbocycles. The summed E-state index contributed by atoms with van der Waals surface area (Å²) in [4.78, 5) is 20.4. The predicted octanol–water partition coefficient (Wildman–Crippen LogP) is 1.63. The standard InChI is InChI=1S/C14H19N3O2/c1-16-7-4-12(5-8-16)19-14(18)17-9-11-3-2-6-15-13(11)10-17/h2-3,6,12H,4-5,7-10H2,1H3. The molecule has 0 aromatic carbocycles. The smallest absolute Gasteiger partial charge is 0.410 e. The monoisotopic (exact) mass is 261 g/mol. The number of carbonyl (C=O) groups excluding carboxylic acids is 1. The molecular formula is C14H19N3O2. The Morgan fingerprint density at radius 3 is 2.89 bits per heavy atom. The lowest BCUT2D eigenvalue weighted by Gasteiger charge is -2.29. The first-order valence-corrected chi connectivity index (χ1v) is 6.79. The minimum absolute atomic E-state index is 0.0698. The number of hydrogen-bond acceptors (Lipinski definition) is 4. The van der Waals surface area contributed by atoms with Crippen LogP contribution in [0.3, 0.4) is 0 Å². The minimum Gasteiger partial charge on any atom is -0.446 e. The highest BCUT2D eigenvalue weighted by molar-refractivity contribution is 5.68. The molecule has 5 heteroatoms. The number of likely N-dealkylation sites (tertiary alicyclic amines) is 1. The van der Waals surface area contributed by atoms with Crippen molar-refractivity contribution in [1.82, 2.24) is 14.8 Å². The van der Waals surface area contributed by atoms with Gasteiger partial charge < -0.3 is 9.64 Å². The Bertz CT molecular complexity index is 445. The van der Waals surface area contributed by atoms with Gasteiger partial charge in [0.2, 0.25) is 0 Å². The average Bonchev–Trinajstić information content (AvgIpc) is 2.85. The second kappa shape index (κ2) is 5.17. The van der Waals surface area contributed by atoms with E-state index in [4.69, 9.17) is 4.74 Å². The van der Waals surface area contributed by atoms with Crippen molar-refractivity contribution in [2.75, 3.05) is 20.1 Å². The van der Waals surface area contributed by atoms with Crippen molar-refractivity contribution in [2.45, 2.75) is 32.0 Å². The van der Waals surface area contributed by atoms with Gasteiger partial charge in [0.1, 0.15) is 6.10 Å². The highest BCUT2D eigenvalue weighted by Gasteiger charge is 2.28. The van der Waals surface area contributed by atoms with E-state index in [0.29, 0.717) is 13.1 Å². The van der Waals surface area contributed by atoms with Crippen LogP contribution in [-0.4, -0.2) is 47.1 Å². The third kappa shape index (κ3) is 2.71. The second-order valence-electron chi connectivity index (χ2n) is 5.35. The molecule has 0 saturated carbocycles. The van der Waals surface area contributed by atoms with E-state index in [1.807, 2.05) is 12.1 Å². The normalized spacial score (nSPS) is 20.4. The van der Waals surface area contributed by atoms with Crippen LogP contribution in [-0.2, 0) is 17.8 Å². The molecule has 3 heterocycles. The summed E-state index contributed by atoms with van der Waals surface area (Å²) in [6, 6.07) is 3.93. The number of nitrogens with zero attached hydrogens (tertiary/aromatic N) is 3. The van der Waals surface area contributed by atoms with Crippen LogP contribution in [0.5, 0.6) is 0 Å². The molecular weight excluding hydrogens is 242 g/mol. The molecule has 3 rings (SSSR count). The fourth-order valence-corrected chi connectivity index (χ4v) is 2.65. The maximum absolute atomic E-state index is 12.1. The number of pyridine rings is 1. The van der Waals surface area contributed by atoms with Crippen molar-refractivity contribution >= 4 is 6.09 Å². The van der Waals surface area contributed by atoms with E-state index in [1.54, 1.807) is 11.1 Å². The fraction of sp³-hybridized carbons (Fsp3) is 0.571.